The molecule has 0 radical (unpaired) electrons. The van der Waals surface area contributed by atoms with Crippen LogP contribution in [-0.2, 0) is 7.05 Å². The van der Waals surface area contributed by atoms with Crippen LogP contribution in [0.15, 0.2) is 42.5 Å². The molecule has 4 rings (SSSR count). The maximum Gasteiger partial charge on any atom is 0.261 e. The molecule has 1 aromatic heterocycles. The van der Waals surface area contributed by atoms with E-state index in [0.717, 1.165) is 25.0 Å². The number of nitrogens with zero attached hydrogens (tertiary/aromatic N) is 2. The van der Waals surface area contributed by atoms with E-state index in [9.17, 15) is 9.18 Å². The summed E-state index contributed by atoms with van der Waals surface area (Å²) in [6.07, 6.45) is 2.93. The summed E-state index contributed by atoms with van der Waals surface area (Å²) in [6.45, 7) is 4.01. The molecule has 3 N–H and O–H groups in total. The topological polar surface area (TPSA) is 82.2 Å². The zero-order chi connectivity index (χ0) is 23.7. The SMILES string of the molecule is CC(C)Oc1ccc(C2CCC(c3nn(C)c(N)c3C(=O)Nc3ccc(F)c(Cl)c3)C2)cc1. The van der Waals surface area contributed by atoms with Crippen LogP contribution in [0.2, 0.25) is 5.02 Å². The fourth-order valence-corrected chi connectivity index (χ4v) is 4.65. The van der Waals surface area contributed by atoms with E-state index in [1.54, 1.807) is 7.05 Å². The second-order valence-electron chi connectivity index (χ2n) is 8.79. The Labute approximate surface area is 197 Å². The number of hydrogen-bond donors (Lipinski definition) is 2. The molecule has 1 heterocycles. The molecule has 0 saturated heterocycles. The summed E-state index contributed by atoms with van der Waals surface area (Å²) in [5.74, 6) is 0.727. The number of aryl methyl sites for hydroxylation is 1. The zero-order valence-electron chi connectivity index (χ0n) is 18.9. The third-order valence-corrected chi connectivity index (χ3v) is 6.36. The number of nitrogens with one attached hydrogen (secondary N) is 1. The van der Waals surface area contributed by atoms with Crippen molar-refractivity contribution in [2.75, 3.05) is 11.1 Å². The van der Waals surface area contributed by atoms with E-state index >= 15 is 0 Å². The molecule has 3 aromatic rings. The largest absolute Gasteiger partial charge is 0.491 e. The number of nitrogen functional groups attached to an aromatic ring is 1. The van der Waals surface area contributed by atoms with Gasteiger partial charge in [-0.05, 0) is 74.9 Å². The number of ether oxygens (including phenoxy) is 1. The van der Waals surface area contributed by atoms with Gasteiger partial charge in [-0.1, -0.05) is 23.7 Å². The first-order chi connectivity index (χ1) is 15.7. The number of anilines is 2. The molecule has 0 spiro atoms. The van der Waals surface area contributed by atoms with Gasteiger partial charge in [0.15, 0.2) is 0 Å². The van der Waals surface area contributed by atoms with Crippen LogP contribution in [0.25, 0.3) is 0 Å². The number of nitrogens with two attached hydrogens (primary N) is 1. The first kappa shape index (κ1) is 23.1. The second-order valence-corrected chi connectivity index (χ2v) is 9.20. The van der Waals surface area contributed by atoms with E-state index < -0.39 is 5.82 Å². The summed E-state index contributed by atoms with van der Waals surface area (Å²) in [7, 11) is 1.73. The van der Waals surface area contributed by atoms with Gasteiger partial charge >= 0.3 is 0 Å². The van der Waals surface area contributed by atoms with E-state index in [-0.39, 0.29) is 23.0 Å². The summed E-state index contributed by atoms with van der Waals surface area (Å²) in [4.78, 5) is 13.1. The van der Waals surface area contributed by atoms with Gasteiger partial charge in [-0.3, -0.25) is 9.48 Å². The molecule has 8 heteroatoms. The quantitative estimate of drug-likeness (QED) is 0.471. The number of benzene rings is 2. The molecule has 1 amide bonds. The van der Waals surface area contributed by atoms with Crippen LogP contribution in [0.5, 0.6) is 5.75 Å². The van der Waals surface area contributed by atoms with Crippen LogP contribution in [-0.4, -0.2) is 21.8 Å². The number of aromatic nitrogens is 2. The molecule has 0 aliphatic heterocycles. The lowest BCUT2D eigenvalue weighted by Gasteiger charge is -2.14. The Kier molecular flexibility index (Phi) is 6.61. The number of carbonyl (C=O) groups excluding carboxylic acids is 1. The Morgan fingerprint density at radius 1 is 1.21 bits per heavy atom. The van der Waals surface area contributed by atoms with Crippen LogP contribution in [0, 0.1) is 5.82 Å². The van der Waals surface area contributed by atoms with Crippen LogP contribution >= 0.6 is 11.6 Å². The molecule has 1 saturated carbocycles. The fraction of sp³-hybridized carbons (Fsp3) is 0.360. The minimum absolute atomic E-state index is 0.0596. The molecular formula is C25H28ClFN4O2. The molecule has 6 nitrogen and oxygen atoms in total. The highest BCUT2D eigenvalue weighted by Gasteiger charge is 2.33. The maximum absolute atomic E-state index is 13.5. The Balaban J connectivity index is 1.52. The van der Waals surface area contributed by atoms with Gasteiger partial charge in [-0.15, -0.1) is 0 Å². The summed E-state index contributed by atoms with van der Waals surface area (Å²) in [5, 5.41) is 7.30. The van der Waals surface area contributed by atoms with E-state index in [0.29, 0.717) is 28.7 Å². The van der Waals surface area contributed by atoms with Crippen molar-refractivity contribution < 1.29 is 13.9 Å². The van der Waals surface area contributed by atoms with E-state index in [4.69, 9.17) is 22.1 Å². The molecule has 1 aliphatic carbocycles. The van der Waals surface area contributed by atoms with Crippen molar-refractivity contribution in [3.63, 3.8) is 0 Å². The van der Waals surface area contributed by atoms with Crippen molar-refractivity contribution >= 4 is 29.0 Å². The van der Waals surface area contributed by atoms with E-state index in [2.05, 4.69) is 22.5 Å². The molecule has 2 unspecified atom stereocenters. The lowest BCUT2D eigenvalue weighted by atomic mass is 9.94. The van der Waals surface area contributed by atoms with Crippen LogP contribution in [0.3, 0.4) is 0 Å². The van der Waals surface area contributed by atoms with Gasteiger partial charge < -0.3 is 15.8 Å². The lowest BCUT2D eigenvalue weighted by Crippen LogP contribution is -2.16. The predicted octanol–water partition coefficient (Wildman–Crippen LogP) is 5.89. The summed E-state index contributed by atoms with van der Waals surface area (Å²) >= 11 is 5.85. The molecule has 1 aliphatic rings. The molecule has 174 valence electrons. The maximum atomic E-state index is 13.5. The smallest absolute Gasteiger partial charge is 0.261 e. The zero-order valence-corrected chi connectivity index (χ0v) is 19.7. The fourth-order valence-electron chi connectivity index (χ4n) is 4.47. The Morgan fingerprint density at radius 3 is 2.58 bits per heavy atom. The Morgan fingerprint density at radius 2 is 1.91 bits per heavy atom. The lowest BCUT2D eigenvalue weighted by molar-refractivity contribution is 0.102. The number of carbonyl (C=O) groups is 1. The highest BCUT2D eigenvalue weighted by molar-refractivity contribution is 6.31. The van der Waals surface area contributed by atoms with Gasteiger partial charge in [-0.25, -0.2) is 4.39 Å². The average molecular weight is 471 g/mol. The second kappa shape index (κ2) is 9.43. The van der Waals surface area contributed by atoms with E-state index in [1.165, 1.54) is 28.4 Å². The summed E-state index contributed by atoms with van der Waals surface area (Å²) in [6, 6.07) is 12.3. The Bertz CT molecular complexity index is 1160. The van der Waals surface area contributed by atoms with Crippen LogP contribution < -0.4 is 15.8 Å². The minimum atomic E-state index is -0.544. The third-order valence-electron chi connectivity index (χ3n) is 6.07. The summed E-state index contributed by atoms with van der Waals surface area (Å²) in [5.41, 5.74) is 8.93. The van der Waals surface area contributed by atoms with Crippen molar-refractivity contribution in [2.24, 2.45) is 7.05 Å². The van der Waals surface area contributed by atoms with Gasteiger partial charge in [0.2, 0.25) is 0 Å². The normalized spacial score (nSPS) is 18.0. The number of hydrogen-bond acceptors (Lipinski definition) is 4. The van der Waals surface area contributed by atoms with Gasteiger partial charge in [0, 0.05) is 18.7 Å². The van der Waals surface area contributed by atoms with Crippen molar-refractivity contribution in [1.29, 1.82) is 0 Å². The Hall–Kier alpha value is -3.06. The first-order valence-corrected chi connectivity index (χ1v) is 11.5. The predicted molar refractivity (Wildman–Crippen MR) is 129 cm³/mol. The molecule has 2 atom stereocenters. The van der Waals surface area contributed by atoms with Gasteiger partial charge in [-0.2, -0.15) is 5.10 Å². The van der Waals surface area contributed by atoms with E-state index in [1.807, 2.05) is 26.0 Å². The van der Waals surface area contributed by atoms with Crippen molar-refractivity contribution in [1.82, 2.24) is 9.78 Å². The van der Waals surface area contributed by atoms with Crippen molar-refractivity contribution in [2.45, 2.75) is 51.0 Å². The number of halogens is 2. The number of rotatable bonds is 6. The first-order valence-electron chi connectivity index (χ1n) is 11.1. The van der Waals surface area contributed by atoms with Crippen molar-refractivity contribution in [3.8, 4) is 5.75 Å². The molecule has 1 fully saturated rings. The standard InChI is InChI=1S/C25H28ClFN4O2/c1-14(2)33-19-9-6-15(7-10-19)16-4-5-17(12-16)23-22(24(28)31(3)30-23)25(32)29-18-8-11-21(27)20(26)13-18/h6-11,13-14,16-17H,4-5,12,28H2,1-3H3,(H,29,32). The molecular weight excluding hydrogens is 443 g/mol. The van der Waals surface area contributed by atoms with Gasteiger partial charge in [0.1, 0.15) is 22.9 Å². The molecule has 0 bridgehead atoms. The monoisotopic (exact) mass is 470 g/mol. The summed E-state index contributed by atoms with van der Waals surface area (Å²) < 4.78 is 20.7. The van der Waals surface area contributed by atoms with Gasteiger partial charge in [0.05, 0.1) is 16.8 Å². The van der Waals surface area contributed by atoms with Crippen LogP contribution in [0.1, 0.15) is 66.6 Å². The average Bonchev–Trinajstić information content (AvgIpc) is 3.36. The number of amides is 1. The molecule has 33 heavy (non-hydrogen) atoms. The molecule has 2 aromatic carbocycles. The third kappa shape index (κ3) is 4.98. The highest BCUT2D eigenvalue weighted by Crippen LogP contribution is 2.45. The van der Waals surface area contributed by atoms with Crippen molar-refractivity contribution in [3.05, 3.63) is 70.1 Å². The highest BCUT2D eigenvalue weighted by atomic mass is 35.5. The van der Waals surface area contributed by atoms with Gasteiger partial charge in [0.25, 0.3) is 5.91 Å². The van der Waals surface area contributed by atoms with Crippen LogP contribution in [0.4, 0.5) is 15.9 Å². The minimum Gasteiger partial charge on any atom is -0.491 e.